The predicted octanol–water partition coefficient (Wildman–Crippen LogP) is 1.63. The highest BCUT2D eigenvalue weighted by Crippen LogP contribution is 2.25. The van der Waals surface area contributed by atoms with Crippen LogP contribution in [0.4, 0.5) is 0 Å². The highest BCUT2D eigenvalue weighted by Gasteiger charge is 2.22. The lowest BCUT2D eigenvalue weighted by atomic mass is 10.2. The maximum Gasteiger partial charge on any atom is 0.251 e. The van der Waals surface area contributed by atoms with Crippen LogP contribution in [0.15, 0.2) is 23.1 Å². The Morgan fingerprint density at radius 1 is 1.39 bits per heavy atom. The molecule has 1 amide bonds. The molecule has 154 valence electrons. The standard InChI is InChI=1S/C17H25N5O4S2/c1-5-22-15(19-20-17(22)27)8-9-18-16(23)12-6-7-13(26-4)14(10-12)28(24,25)21-11(2)3/h6-7,10-11,21H,5,8-9H2,1-4H3,(H,18,23)(H,20,27). The van der Waals surface area contributed by atoms with E-state index in [2.05, 4.69) is 20.2 Å². The second-order valence-electron chi connectivity index (χ2n) is 6.34. The minimum atomic E-state index is -3.81. The van der Waals surface area contributed by atoms with Crippen molar-refractivity contribution < 1.29 is 17.9 Å². The van der Waals surface area contributed by atoms with Gasteiger partial charge < -0.3 is 14.6 Å². The van der Waals surface area contributed by atoms with Gasteiger partial charge in [0.1, 0.15) is 16.5 Å². The molecule has 3 N–H and O–H groups in total. The van der Waals surface area contributed by atoms with Crippen LogP contribution in [-0.2, 0) is 23.0 Å². The monoisotopic (exact) mass is 427 g/mol. The quantitative estimate of drug-likeness (QED) is 0.524. The summed E-state index contributed by atoms with van der Waals surface area (Å²) in [6.07, 6.45) is 0.489. The fraction of sp³-hybridized carbons (Fsp3) is 0.471. The van der Waals surface area contributed by atoms with Crippen molar-refractivity contribution in [3.05, 3.63) is 34.4 Å². The van der Waals surface area contributed by atoms with Crippen LogP contribution in [0.2, 0.25) is 0 Å². The third kappa shape index (κ3) is 5.18. The second kappa shape index (κ2) is 9.30. The van der Waals surface area contributed by atoms with Gasteiger partial charge in [0.15, 0.2) is 4.77 Å². The number of amides is 1. The van der Waals surface area contributed by atoms with Crippen molar-refractivity contribution in [2.24, 2.45) is 0 Å². The van der Waals surface area contributed by atoms with Gasteiger partial charge in [-0.05, 0) is 51.2 Å². The molecule has 2 rings (SSSR count). The Balaban J connectivity index is 2.15. The van der Waals surface area contributed by atoms with Gasteiger partial charge in [-0.2, -0.15) is 5.10 Å². The summed E-state index contributed by atoms with van der Waals surface area (Å²) in [5.74, 6) is 0.524. The Morgan fingerprint density at radius 3 is 2.71 bits per heavy atom. The molecule has 11 heteroatoms. The Hall–Kier alpha value is -2.24. The number of hydrogen-bond acceptors (Lipinski definition) is 6. The number of methoxy groups -OCH3 is 1. The fourth-order valence-corrected chi connectivity index (χ4v) is 4.38. The normalized spacial score (nSPS) is 11.6. The van der Waals surface area contributed by atoms with E-state index in [-0.39, 0.29) is 28.2 Å². The highest BCUT2D eigenvalue weighted by molar-refractivity contribution is 7.89. The SMILES string of the molecule is CCn1c(CCNC(=O)c2ccc(OC)c(S(=O)(=O)NC(C)C)c2)n[nH]c1=S. The first-order valence-electron chi connectivity index (χ1n) is 8.82. The summed E-state index contributed by atoms with van der Waals surface area (Å²) >= 11 is 5.14. The van der Waals surface area contributed by atoms with Crippen LogP contribution in [0, 0.1) is 4.77 Å². The Kier molecular flexibility index (Phi) is 7.33. The lowest BCUT2D eigenvalue weighted by Crippen LogP contribution is -2.31. The van der Waals surface area contributed by atoms with E-state index >= 15 is 0 Å². The fourth-order valence-electron chi connectivity index (χ4n) is 2.66. The van der Waals surface area contributed by atoms with Crippen LogP contribution in [0.25, 0.3) is 0 Å². The molecule has 28 heavy (non-hydrogen) atoms. The zero-order valence-corrected chi connectivity index (χ0v) is 17.9. The number of carbonyl (C=O) groups excluding carboxylic acids is 1. The lowest BCUT2D eigenvalue weighted by Gasteiger charge is -2.14. The van der Waals surface area contributed by atoms with E-state index in [0.29, 0.717) is 24.3 Å². The van der Waals surface area contributed by atoms with Gasteiger partial charge in [0, 0.05) is 31.1 Å². The average molecular weight is 428 g/mol. The Morgan fingerprint density at radius 2 is 2.11 bits per heavy atom. The molecule has 0 aliphatic carbocycles. The number of ether oxygens (including phenoxy) is 1. The first-order chi connectivity index (χ1) is 13.2. The van der Waals surface area contributed by atoms with E-state index in [1.54, 1.807) is 13.8 Å². The number of rotatable bonds is 9. The number of aromatic amines is 1. The van der Waals surface area contributed by atoms with E-state index < -0.39 is 10.0 Å². The summed E-state index contributed by atoms with van der Waals surface area (Å²) in [6.45, 7) is 6.40. The summed E-state index contributed by atoms with van der Waals surface area (Å²) in [6, 6.07) is 4.00. The van der Waals surface area contributed by atoms with E-state index in [4.69, 9.17) is 17.0 Å². The smallest absolute Gasteiger partial charge is 0.251 e. The van der Waals surface area contributed by atoms with Crippen LogP contribution < -0.4 is 14.8 Å². The molecule has 0 radical (unpaired) electrons. The van der Waals surface area contributed by atoms with Crippen LogP contribution in [-0.4, -0.2) is 48.8 Å². The van der Waals surface area contributed by atoms with E-state index in [0.717, 1.165) is 5.82 Å². The summed E-state index contributed by atoms with van der Waals surface area (Å²) in [7, 11) is -2.43. The molecule has 1 aromatic carbocycles. The molecular formula is C17H25N5O4S2. The van der Waals surface area contributed by atoms with Gasteiger partial charge in [-0.1, -0.05) is 0 Å². The molecule has 1 heterocycles. The van der Waals surface area contributed by atoms with Crippen molar-refractivity contribution in [1.82, 2.24) is 24.8 Å². The van der Waals surface area contributed by atoms with Crippen molar-refractivity contribution in [3.63, 3.8) is 0 Å². The molecule has 0 atom stereocenters. The third-order valence-corrected chi connectivity index (χ3v) is 5.89. The van der Waals surface area contributed by atoms with Gasteiger partial charge in [0.25, 0.3) is 5.91 Å². The number of H-pyrrole nitrogens is 1. The van der Waals surface area contributed by atoms with Crippen molar-refractivity contribution >= 4 is 28.1 Å². The van der Waals surface area contributed by atoms with Crippen LogP contribution in [0.3, 0.4) is 0 Å². The lowest BCUT2D eigenvalue weighted by molar-refractivity contribution is 0.0953. The number of benzene rings is 1. The van der Waals surface area contributed by atoms with Crippen molar-refractivity contribution in [2.45, 2.75) is 44.7 Å². The zero-order chi connectivity index (χ0) is 20.9. The number of nitrogens with one attached hydrogen (secondary N) is 3. The van der Waals surface area contributed by atoms with E-state index in [9.17, 15) is 13.2 Å². The average Bonchev–Trinajstić information content (AvgIpc) is 2.99. The van der Waals surface area contributed by atoms with E-state index in [1.807, 2.05) is 11.5 Å². The minimum Gasteiger partial charge on any atom is -0.495 e. The largest absolute Gasteiger partial charge is 0.495 e. The summed E-state index contributed by atoms with van der Waals surface area (Å²) in [4.78, 5) is 12.4. The molecule has 0 bridgehead atoms. The number of nitrogens with zero attached hydrogens (tertiary/aromatic N) is 2. The van der Waals surface area contributed by atoms with Crippen LogP contribution in [0.5, 0.6) is 5.75 Å². The Bertz CT molecular complexity index is 995. The van der Waals surface area contributed by atoms with Crippen molar-refractivity contribution in [2.75, 3.05) is 13.7 Å². The van der Waals surface area contributed by atoms with Crippen molar-refractivity contribution in [1.29, 1.82) is 0 Å². The molecule has 0 aliphatic heterocycles. The molecular weight excluding hydrogens is 402 g/mol. The molecule has 0 spiro atoms. The number of hydrogen-bond donors (Lipinski definition) is 3. The maximum atomic E-state index is 12.5. The molecule has 0 unspecified atom stereocenters. The minimum absolute atomic E-state index is 0.0803. The second-order valence-corrected chi connectivity index (χ2v) is 8.41. The molecule has 0 fully saturated rings. The van der Waals surface area contributed by atoms with E-state index in [1.165, 1.54) is 25.3 Å². The van der Waals surface area contributed by atoms with Gasteiger partial charge in [0.2, 0.25) is 10.0 Å². The Labute approximate surface area is 169 Å². The molecule has 0 saturated carbocycles. The summed E-state index contributed by atoms with van der Waals surface area (Å²) < 4.78 is 35.1. The zero-order valence-electron chi connectivity index (χ0n) is 16.3. The maximum absolute atomic E-state index is 12.5. The number of sulfonamides is 1. The van der Waals surface area contributed by atoms with Gasteiger partial charge in [-0.15, -0.1) is 0 Å². The van der Waals surface area contributed by atoms with Gasteiger partial charge >= 0.3 is 0 Å². The van der Waals surface area contributed by atoms with Crippen LogP contribution in [0.1, 0.15) is 37.0 Å². The predicted molar refractivity (Wildman–Crippen MR) is 108 cm³/mol. The molecule has 9 nitrogen and oxygen atoms in total. The number of aromatic nitrogens is 3. The molecule has 2 aromatic rings. The highest BCUT2D eigenvalue weighted by atomic mass is 32.2. The van der Waals surface area contributed by atoms with Gasteiger partial charge in [-0.3, -0.25) is 9.89 Å². The molecule has 0 aliphatic rings. The first kappa shape index (κ1) is 22.1. The van der Waals surface area contributed by atoms with Gasteiger partial charge in [-0.25, -0.2) is 13.1 Å². The number of carbonyl (C=O) groups is 1. The molecule has 1 aromatic heterocycles. The third-order valence-electron chi connectivity index (χ3n) is 3.89. The van der Waals surface area contributed by atoms with Gasteiger partial charge in [0.05, 0.1) is 7.11 Å². The topological polar surface area (TPSA) is 118 Å². The first-order valence-corrected chi connectivity index (χ1v) is 10.7. The molecule has 0 saturated heterocycles. The van der Waals surface area contributed by atoms with Crippen molar-refractivity contribution in [3.8, 4) is 5.75 Å². The summed E-state index contributed by atoms with van der Waals surface area (Å²) in [5.41, 5.74) is 0.222. The summed E-state index contributed by atoms with van der Waals surface area (Å²) in [5, 5.41) is 9.64. The van der Waals surface area contributed by atoms with Crippen LogP contribution >= 0.6 is 12.2 Å².